The summed E-state index contributed by atoms with van der Waals surface area (Å²) >= 11 is 0. The summed E-state index contributed by atoms with van der Waals surface area (Å²) in [6.07, 6.45) is 2.96. The number of piperidine rings is 1. The van der Waals surface area contributed by atoms with Crippen molar-refractivity contribution in [3.63, 3.8) is 0 Å². The Balaban J connectivity index is 2.42. The number of rotatable bonds is 3. The highest BCUT2D eigenvalue weighted by Gasteiger charge is 2.36. The van der Waals surface area contributed by atoms with Crippen LogP contribution in [0.3, 0.4) is 0 Å². The van der Waals surface area contributed by atoms with Crippen LogP contribution >= 0.6 is 0 Å². The fraction of sp³-hybridized carbons (Fsp3) is 0.538. The molecular weight excluding hydrogens is 276 g/mol. The van der Waals surface area contributed by atoms with Gasteiger partial charge in [0.1, 0.15) is 11.0 Å². The topological polar surface area (TPSA) is 100 Å². The molecule has 0 bridgehead atoms. The molecule has 0 spiro atoms. The summed E-state index contributed by atoms with van der Waals surface area (Å²) in [7, 11) is -3.72. The first-order chi connectivity index (χ1) is 9.50. The van der Waals surface area contributed by atoms with Gasteiger partial charge < -0.3 is 5.73 Å². The van der Waals surface area contributed by atoms with Gasteiger partial charge in [-0.05, 0) is 30.9 Å². The van der Waals surface area contributed by atoms with Crippen molar-refractivity contribution in [2.75, 3.05) is 13.1 Å². The molecule has 0 amide bonds. The predicted octanol–water partition coefficient (Wildman–Crippen LogP) is 0.701. The third-order valence-electron chi connectivity index (χ3n) is 3.66. The highest BCUT2D eigenvalue weighted by Crippen LogP contribution is 2.28. The van der Waals surface area contributed by atoms with Gasteiger partial charge in [0, 0.05) is 25.3 Å². The summed E-state index contributed by atoms with van der Waals surface area (Å²) in [6.45, 7) is 2.81. The molecule has 6 nitrogen and oxygen atoms in total. The minimum Gasteiger partial charge on any atom is -0.329 e. The molecule has 0 radical (unpaired) electrons. The van der Waals surface area contributed by atoms with Crippen molar-refractivity contribution >= 4 is 10.0 Å². The van der Waals surface area contributed by atoms with Crippen LogP contribution in [-0.4, -0.2) is 36.8 Å². The molecule has 7 heteroatoms. The molecule has 0 aromatic carbocycles. The van der Waals surface area contributed by atoms with E-state index in [0.29, 0.717) is 12.5 Å². The molecular formula is C13H18N4O2S. The van der Waals surface area contributed by atoms with E-state index < -0.39 is 10.0 Å². The highest BCUT2D eigenvalue weighted by molar-refractivity contribution is 7.89. The van der Waals surface area contributed by atoms with Crippen LogP contribution in [-0.2, 0) is 10.0 Å². The Hall–Kier alpha value is -1.49. The number of hydrogen-bond donors (Lipinski definition) is 1. The lowest BCUT2D eigenvalue weighted by Gasteiger charge is -2.36. The van der Waals surface area contributed by atoms with Crippen LogP contribution in [0.1, 0.15) is 25.5 Å². The number of nitrogens with zero attached hydrogens (tertiary/aromatic N) is 3. The fourth-order valence-corrected chi connectivity index (χ4v) is 4.33. The summed E-state index contributed by atoms with van der Waals surface area (Å²) in [5.74, 6) is 0.458. The van der Waals surface area contributed by atoms with Crippen LogP contribution in [0.5, 0.6) is 0 Å². The first kappa shape index (κ1) is 14.9. The summed E-state index contributed by atoms with van der Waals surface area (Å²) in [5, 5.41) is 9.03. The van der Waals surface area contributed by atoms with Gasteiger partial charge in [-0.15, -0.1) is 0 Å². The molecule has 1 aromatic heterocycles. The van der Waals surface area contributed by atoms with Crippen molar-refractivity contribution in [1.82, 2.24) is 9.29 Å². The minimum atomic E-state index is -3.72. The Labute approximate surface area is 119 Å². The number of nitriles is 1. The summed E-state index contributed by atoms with van der Waals surface area (Å²) in [4.78, 5) is 3.79. The third kappa shape index (κ3) is 2.68. The molecule has 2 atom stereocenters. The van der Waals surface area contributed by atoms with Gasteiger partial charge in [-0.2, -0.15) is 9.57 Å². The molecule has 1 fully saturated rings. The van der Waals surface area contributed by atoms with Crippen LogP contribution < -0.4 is 5.73 Å². The first-order valence-electron chi connectivity index (χ1n) is 6.57. The molecule has 1 aliphatic heterocycles. The lowest BCUT2D eigenvalue weighted by molar-refractivity contribution is 0.211. The lowest BCUT2D eigenvalue weighted by atomic mass is 9.94. The largest absolute Gasteiger partial charge is 0.329 e. The van der Waals surface area contributed by atoms with Gasteiger partial charge >= 0.3 is 0 Å². The van der Waals surface area contributed by atoms with Gasteiger partial charge in [0.05, 0.1) is 0 Å². The Morgan fingerprint density at radius 2 is 2.35 bits per heavy atom. The molecule has 2 unspecified atom stereocenters. The van der Waals surface area contributed by atoms with E-state index in [4.69, 9.17) is 11.0 Å². The zero-order valence-electron chi connectivity index (χ0n) is 11.4. The normalized spacial score (nSPS) is 24.2. The molecule has 2 N–H and O–H groups in total. The van der Waals surface area contributed by atoms with Gasteiger partial charge in [0.25, 0.3) is 0 Å². The number of pyridine rings is 1. The first-order valence-corrected chi connectivity index (χ1v) is 8.01. The molecule has 1 aliphatic rings. The number of hydrogen-bond acceptors (Lipinski definition) is 5. The summed E-state index contributed by atoms with van der Waals surface area (Å²) in [6, 6.07) is 4.57. The molecule has 2 rings (SSSR count). The second kappa shape index (κ2) is 5.87. The van der Waals surface area contributed by atoms with Gasteiger partial charge in [-0.25, -0.2) is 13.4 Å². The number of nitrogens with two attached hydrogens (primary N) is 1. The van der Waals surface area contributed by atoms with E-state index in [9.17, 15) is 8.42 Å². The second-order valence-corrected chi connectivity index (χ2v) is 6.96. The van der Waals surface area contributed by atoms with E-state index in [0.717, 1.165) is 12.8 Å². The Bertz CT molecular complexity index is 624. The third-order valence-corrected chi connectivity index (χ3v) is 5.64. The Morgan fingerprint density at radius 1 is 1.60 bits per heavy atom. The molecule has 20 heavy (non-hydrogen) atoms. The molecule has 0 aliphatic carbocycles. The smallest absolute Gasteiger partial charge is 0.246 e. The fourth-order valence-electron chi connectivity index (χ4n) is 2.57. The summed E-state index contributed by atoms with van der Waals surface area (Å²) < 4.78 is 26.9. The van der Waals surface area contributed by atoms with Crippen molar-refractivity contribution in [1.29, 1.82) is 5.26 Å². The van der Waals surface area contributed by atoms with E-state index in [2.05, 4.69) is 11.9 Å². The van der Waals surface area contributed by atoms with Crippen LogP contribution in [0.15, 0.2) is 23.2 Å². The highest BCUT2D eigenvalue weighted by atomic mass is 32.2. The monoisotopic (exact) mass is 294 g/mol. The van der Waals surface area contributed by atoms with Gasteiger partial charge in [0.15, 0.2) is 5.69 Å². The lowest BCUT2D eigenvalue weighted by Crippen LogP contribution is -2.49. The molecule has 1 aromatic rings. The van der Waals surface area contributed by atoms with Gasteiger partial charge in [-0.1, -0.05) is 6.92 Å². The molecule has 108 valence electrons. The Kier molecular flexibility index (Phi) is 4.38. The Morgan fingerprint density at radius 3 is 3.00 bits per heavy atom. The van der Waals surface area contributed by atoms with Gasteiger partial charge in [-0.3, -0.25) is 0 Å². The van der Waals surface area contributed by atoms with Crippen LogP contribution in [0, 0.1) is 17.2 Å². The molecule has 2 heterocycles. The maximum atomic E-state index is 12.7. The van der Waals surface area contributed by atoms with Crippen molar-refractivity contribution in [2.45, 2.75) is 30.7 Å². The van der Waals surface area contributed by atoms with Crippen LogP contribution in [0.2, 0.25) is 0 Å². The molecule has 0 saturated carbocycles. The maximum Gasteiger partial charge on any atom is 0.246 e. The number of sulfonamides is 1. The average molecular weight is 294 g/mol. The predicted molar refractivity (Wildman–Crippen MR) is 74.1 cm³/mol. The van der Waals surface area contributed by atoms with Crippen molar-refractivity contribution in [3.8, 4) is 6.07 Å². The SMILES string of the molecule is CC1CCN(S(=O)(=O)c2cccnc2C#N)C(CN)C1. The summed E-state index contributed by atoms with van der Waals surface area (Å²) in [5.41, 5.74) is 5.65. The van der Waals surface area contributed by atoms with Crippen molar-refractivity contribution < 1.29 is 8.42 Å². The average Bonchev–Trinajstić information content (AvgIpc) is 2.46. The van der Waals surface area contributed by atoms with E-state index in [-0.39, 0.29) is 23.2 Å². The quantitative estimate of drug-likeness (QED) is 0.884. The maximum absolute atomic E-state index is 12.7. The van der Waals surface area contributed by atoms with Crippen LogP contribution in [0.25, 0.3) is 0 Å². The zero-order chi connectivity index (χ0) is 14.8. The van der Waals surface area contributed by atoms with Crippen LogP contribution in [0.4, 0.5) is 0 Å². The van der Waals surface area contributed by atoms with Gasteiger partial charge in [0.2, 0.25) is 10.0 Å². The zero-order valence-corrected chi connectivity index (χ0v) is 12.2. The second-order valence-electron chi connectivity index (χ2n) is 5.10. The number of aromatic nitrogens is 1. The van der Waals surface area contributed by atoms with Crippen molar-refractivity contribution in [3.05, 3.63) is 24.0 Å². The minimum absolute atomic E-state index is 0.0319. The van der Waals surface area contributed by atoms with E-state index >= 15 is 0 Å². The standard InChI is InChI=1S/C13H18N4O2S/c1-10-4-6-17(11(7-10)8-14)20(18,19)13-3-2-5-16-12(13)9-15/h2-3,5,10-11H,4,6-8,14H2,1H3. The van der Waals surface area contributed by atoms with E-state index in [1.54, 1.807) is 0 Å². The molecule has 1 saturated heterocycles. The van der Waals surface area contributed by atoms with E-state index in [1.165, 1.54) is 22.6 Å². The van der Waals surface area contributed by atoms with Crippen molar-refractivity contribution in [2.24, 2.45) is 11.7 Å². The van der Waals surface area contributed by atoms with E-state index in [1.807, 2.05) is 6.07 Å².